The van der Waals surface area contributed by atoms with Crippen molar-refractivity contribution in [2.75, 3.05) is 4.90 Å². The zero-order valence-corrected chi connectivity index (χ0v) is 16.2. The summed E-state index contributed by atoms with van der Waals surface area (Å²) in [4.78, 5) is 11.0. The smallest absolute Gasteiger partial charge is 0.220 e. The van der Waals surface area contributed by atoms with Gasteiger partial charge in [-0.25, -0.2) is 9.67 Å². The third-order valence-corrected chi connectivity index (χ3v) is 5.80. The van der Waals surface area contributed by atoms with E-state index in [0.717, 1.165) is 48.0 Å². The van der Waals surface area contributed by atoms with Crippen LogP contribution in [0.4, 0.5) is 5.69 Å². The molecular weight excluding hydrogens is 364 g/mol. The fourth-order valence-electron chi connectivity index (χ4n) is 4.45. The number of nitrogens with zero attached hydrogens (tertiary/aromatic N) is 6. The zero-order valence-electron chi connectivity index (χ0n) is 16.2. The second-order valence-electron chi connectivity index (χ2n) is 7.72. The molecule has 8 nitrogen and oxygen atoms in total. The van der Waals surface area contributed by atoms with Gasteiger partial charge in [-0.15, -0.1) is 5.10 Å². The minimum atomic E-state index is -0.419. The highest BCUT2D eigenvalue weighted by molar-refractivity contribution is 6.05. The summed E-state index contributed by atoms with van der Waals surface area (Å²) in [5.74, 6) is 0.685. The van der Waals surface area contributed by atoms with Crippen LogP contribution >= 0.6 is 0 Å². The molecule has 1 aliphatic heterocycles. The molecule has 1 saturated carbocycles. The van der Waals surface area contributed by atoms with Gasteiger partial charge in [0.2, 0.25) is 11.9 Å². The molecule has 8 heteroatoms. The average Bonchev–Trinajstić information content (AvgIpc) is 3.12. The number of aromatic nitrogens is 3. The SMILES string of the molecule is NC1=NC2(CCCCC2)N(c2ccc(Cn3nnc4ccccc43)cc2)C(N)=N1. The van der Waals surface area contributed by atoms with Gasteiger partial charge >= 0.3 is 0 Å². The Labute approximate surface area is 168 Å². The molecular formula is C21H24N8. The summed E-state index contributed by atoms with van der Waals surface area (Å²) in [6.45, 7) is 0.653. The minimum absolute atomic E-state index is 0.273. The molecule has 0 amide bonds. The van der Waals surface area contributed by atoms with Crippen molar-refractivity contribution in [3.05, 3.63) is 54.1 Å². The monoisotopic (exact) mass is 388 g/mol. The van der Waals surface area contributed by atoms with Crippen molar-refractivity contribution in [2.24, 2.45) is 21.5 Å². The van der Waals surface area contributed by atoms with Crippen LogP contribution in [-0.4, -0.2) is 32.6 Å². The number of fused-ring (bicyclic) bond motifs is 1. The van der Waals surface area contributed by atoms with E-state index in [1.807, 2.05) is 28.9 Å². The molecule has 2 heterocycles. The van der Waals surface area contributed by atoms with E-state index >= 15 is 0 Å². The maximum atomic E-state index is 6.31. The molecule has 3 aromatic rings. The number of aliphatic imine (C=N–C) groups is 2. The molecule has 148 valence electrons. The maximum absolute atomic E-state index is 6.31. The summed E-state index contributed by atoms with van der Waals surface area (Å²) >= 11 is 0. The first-order chi connectivity index (χ1) is 14.1. The number of benzene rings is 2. The van der Waals surface area contributed by atoms with Crippen LogP contribution in [-0.2, 0) is 6.54 Å². The summed E-state index contributed by atoms with van der Waals surface area (Å²) in [6, 6.07) is 16.3. The van der Waals surface area contributed by atoms with E-state index in [1.165, 1.54) is 6.42 Å². The highest BCUT2D eigenvalue weighted by atomic mass is 15.4. The molecule has 0 saturated heterocycles. The van der Waals surface area contributed by atoms with Gasteiger partial charge < -0.3 is 11.5 Å². The number of para-hydroxylation sites is 1. The van der Waals surface area contributed by atoms with Gasteiger partial charge in [0, 0.05) is 5.69 Å². The Kier molecular flexibility index (Phi) is 4.19. The summed E-state index contributed by atoms with van der Waals surface area (Å²) in [7, 11) is 0. The zero-order chi connectivity index (χ0) is 19.8. The summed E-state index contributed by atoms with van der Waals surface area (Å²) < 4.78 is 1.91. The van der Waals surface area contributed by atoms with Crippen molar-refractivity contribution in [3.63, 3.8) is 0 Å². The van der Waals surface area contributed by atoms with E-state index in [1.54, 1.807) is 0 Å². The molecule has 29 heavy (non-hydrogen) atoms. The lowest BCUT2D eigenvalue weighted by atomic mass is 9.87. The lowest BCUT2D eigenvalue weighted by Gasteiger charge is -2.45. The summed E-state index contributed by atoms with van der Waals surface area (Å²) in [6.07, 6.45) is 5.29. The van der Waals surface area contributed by atoms with E-state index in [0.29, 0.717) is 12.5 Å². The van der Waals surface area contributed by atoms with E-state index in [9.17, 15) is 0 Å². The third-order valence-electron chi connectivity index (χ3n) is 5.80. The summed E-state index contributed by atoms with van der Waals surface area (Å²) in [5.41, 5.74) is 15.9. The van der Waals surface area contributed by atoms with Crippen LogP contribution in [0.2, 0.25) is 0 Å². The minimum Gasteiger partial charge on any atom is -0.369 e. The average molecular weight is 388 g/mol. The van der Waals surface area contributed by atoms with Crippen molar-refractivity contribution >= 4 is 28.6 Å². The van der Waals surface area contributed by atoms with Gasteiger partial charge in [-0.3, -0.25) is 4.90 Å². The quantitative estimate of drug-likeness (QED) is 0.716. The van der Waals surface area contributed by atoms with Crippen molar-refractivity contribution < 1.29 is 0 Å². The molecule has 0 radical (unpaired) electrons. The molecule has 1 aliphatic carbocycles. The van der Waals surface area contributed by atoms with Crippen LogP contribution in [0, 0.1) is 0 Å². The van der Waals surface area contributed by atoms with Crippen LogP contribution in [0.5, 0.6) is 0 Å². The number of hydrogen-bond donors (Lipinski definition) is 2. The number of hydrogen-bond acceptors (Lipinski definition) is 7. The number of anilines is 1. The standard InChI is InChI=1S/C21H24N8/c22-19-24-20(23)29(21(25-19)12-4-1-5-13-21)16-10-8-15(9-11-16)14-28-18-7-3-2-6-17(18)26-27-28/h2-3,6-11H,1,4-5,12-14H2,(H4,22,23,24,25). The Bertz CT molecular complexity index is 1090. The third kappa shape index (κ3) is 3.10. The first kappa shape index (κ1) is 17.7. The topological polar surface area (TPSA) is 111 Å². The van der Waals surface area contributed by atoms with E-state index in [-0.39, 0.29) is 5.96 Å². The fraction of sp³-hybridized carbons (Fsp3) is 0.333. The van der Waals surface area contributed by atoms with Gasteiger partial charge in [0.25, 0.3) is 0 Å². The maximum Gasteiger partial charge on any atom is 0.220 e. The van der Waals surface area contributed by atoms with Gasteiger partial charge in [-0.2, -0.15) is 4.99 Å². The van der Waals surface area contributed by atoms with Crippen molar-refractivity contribution in [1.29, 1.82) is 0 Å². The van der Waals surface area contributed by atoms with Gasteiger partial charge in [0.15, 0.2) is 0 Å². The van der Waals surface area contributed by atoms with Crippen molar-refractivity contribution in [2.45, 2.75) is 44.3 Å². The molecule has 4 N–H and O–H groups in total. The molecule has 2 aromatic carbocycles. The molecule has 1 aromatic heterocycles. The van der Waals surface area contributed by atoms with Crippen LogP contribution in [0.15, 0.2) is 58.5 Å². The molecule has 2 aliphatic rings. The molecule has 0 unspecified atom stereocenters. The van der Waals surface area contributed by atoms with E-state index < -0.39 is 5.66 Å². The lowest BCUT2D eigenvalue weighted by Crippen LogP contribution is -2.58. The molecule has 0 bridgehead atoms. The fourth-order valence-corrected chi connectivity index (χ4v) is 4.45. The first-order valence-corrected chi connectivity index (χ1v) is 10.0. The van der Waals surface area contributed by atoms with Gasteiger partial charge in [0.1, 0.15) is 11.2 Å². The van der Waals surface area contributed by atoms with Gasteiger partial charge in [-0.1, -0.05) is 35.9 Å². The summed E-state index contributed by atoms with van der Waals surface area (Å²) in [5, 5.41) is 8.50. The largest absolute Gasteiger partial charge is 0.369 e. The van der Waals surface area contributed by atoms with Crippen LogP contribution < -0.4 is 16.4 Å². The predicted molar refractivity (Wildman–Crippen MR) is 115 cm³/mol. The molecule has 1 spiro atoms. The number of nitrogens with two attached hydrogens (primary N) is 2. The first-order valence-electron chi connectivity index (χ1n) is 10.0. The Morgan fingerprint density at radius 2 is 1.69 bits per heavy atom. The predicted octanol–water partition coefficient (Wildman–Crippen LogP) is 2.59. The highest BCUT2D eigenvalue weighted by Gasteiger charge is 2.42. The second kappa shape index (κ2) is 6.88. The Morgan fingerprint density at radius 3 is 2.48 bits per heavy atom. The normalized spacial score (nSPS) is 18.7. The number of rotatable bonds is 3. The second-order valence-corrected chi connectivity index (χ2v) is 7.72. The van der Waals surface area contributed by atoms with Gasteiger partial charge in [-0.05, 0) is 55.5 Å². The van der Waals surface area contributed by atoms with Crippen LogP contribution in [0.1, 0.15) is 37.7 Å². The Morgan fingerprint density at radius 1 is 0.931 bits per heavy atom. The van der Waals surface area contributed by atoms with Gasteiger partial charge in [0.05, 0.1) is 12.1 Å². The van der Waals surface area contributed by atoms with Crippen molar-refractivity contribution in [1.82, 2.24) is 15.0 Å². The highest BCUT2D eigenvalue weighted by Crippen LogP contribution is 2.39. The Hall–Kier alpha value is -3.42. The van der Waals surface area contributed by atoms with E-state index in [4.69, 9.17) is 16.5 Å². The van der Waals surface area contributed by atoms with Crippen LogP contribution in [0.25, 0.3) is 11.0 Å². The lowest BCUT2D eigenvalue weighted by molar-refractivity contribution is 0.305. The van der Waals surface area contributed by atoms with E-state index in [2.05, 4.69) is 44.5 Å². The number of guanidine groups is 2. The van der Waals surface area contributed by atoms with Crippen LogP contribution in [0.3, 0.4) is 0 Å². The Balaban J connectivity index is 1.44. The van der Waals surface area contributed by atoms with Crippen molar-refractivity contribution in [3.8, 4) is 0 Å². The molecule has 0 atom stereocenters. The molecule has 5 rings (SSSR count). The molecule has 1 fully saturated rings.